The molecule has 1 saturated carbocycles. The van der Waals surface area contributed by atoms with Crippen LogP contribution in [0, 0.1) is 0 Å². The SMILES string of the molecule is CCOc1cncc(-c2cnc(C(=O)NC(CCN3CCC3)c3cc(NS(=O)(=O)C4CCCC4)ccn3)s2)n1. The van der Waals surface area contributed by atoms with Gasteiger partial charge in [0.2, 0.25) is 15.9 Å². The van der Waals surface area contributed by atoms with E-state index in [0.717, 1.165) is 32.5 Å². The highest BCUT2D eigenvalue weighted by Crippen LogP contribution is 2.29. The lowest BCUT2D eigenvalue weighted by molar-refractivity contribution is 0.0925. The molecule has 1 atom stereocenters. The Morgan fingerprint density at radius 1 is 1.18 bits per heavy atom. The van der Waals surface area contributed by atoms with E-state index in [1.807, 2.05) is 6.92 Å². The maximum atomic E-state index is 13.3. The molecular formula is C26H33N7O4S2. The number of likely N-dealkylation sites (tertiary alicyclic amines) is 1. The number of rotatable bonds is 12. The Morgan fingerprint density at radius 3 is 2.74 bits per heavy atom. The second-order valence-electron chi connectivity index (χ2n) is 9.74. The van der Waals surface area contributed by atoms with Crippen molar-refractivity contribution in [1.29, 1.82) is 0 Å². The molecule has 0 bridgehead atoms. The van der Waals surface area contributed by atoms with E-state index < -0.39 is 16.1 Å². The second-order valence-corrected chi connectivity index (χ2v) is 12.7. The van der Waals surface area contributed by atoms with Crippen LogP contribution in [0.25, 0.3) is 10.6 Å². The summed E-state index contributed by atoms with van der Waals surface area (Å²) in [5, 5.41) is 3.00. The fourth-order valence-corrected chi connectivity index (χ4v) is 7.11. The van der Waals surface area contributed by atoms with Gasteiger partial charge in [-0.2, -0.15) is 0 Å². The minimum Gasteiger partial charge on any atom is -0.477 e. The fourth-order valence-electron chi connectivity index (χ4n) is 4.76. The maximum Gasteiger partial charge on any atom is 0.280 e. The standard InChI is InChI=1S/C26H33N7O4S2/c1-2-37-24-17-27-15-22(30-24)23-16-29-26(38-23)25(34)31-20(9-13-33-11-5-12-33)21-14-18(8-10-28-21)32-39(35,36)19-6-3-4-7-19/h8,10,14-17,19-20H,2-7,9,11-13H2,1H3,(H,28,32)(H,31,34). The number of nitrogens with zero attached hydrogens (tertiary/aromatic N) is 5. The highest BCUT2D eigenvalue weighted by molar-refractivity contribution is 7.93. The first kappa shape index (κ1) is 27.4. The molecule has 208 valence electrons. The van der Waals surface area contributed by atoms with Crippen molar-refractivity contribution in [3.05, 3.63) is 47.6 Å². The molecule has 1 saturated heterocycles. The Morgan fingerprint density at radius 2 is 2.00 bits per heavy atom. The zero-order chi connectivity index (χ0) is 27.2. The predicted octanol–water partition coefficient (Wildman–Crippen LogP) is 3.65. The lowest BCUT2D eigenvalue weighted by atomic mass is 10.1. The molecule has 5 rings (SSSR count). The topological polar surface area (TPSA) is 139 Å². The van der Waals surface area contributed by atoms with Crippen molar-refractivity contribution < 1.29 is 17.9 Å². The van der Waals surface area contributed by atoms with E-state index in [-0.39, 0.29) is 11.2 Å². The van der Waals surface area contributed by atoms with Gasteiger partial charge in [-0.3, -0.25) is 19.5 Å². The molecule has 3 aromatic heterocycles. The number of nitrogens with one attached hydrogen (secondary N) is 2. The minimum absolute atomic E-state index is 0.292. The monoisotopic (exact) mass is 571 g/mol. The molecule has 2 fully saturated rings. The Labute approximate surface area is 232 Å². The van der Waals surface area contributed by atoms with E-state index in [0.29, 0.717) is 58.7 Å². The number of pyridine rings is 1. The molecule has 0 aromatic carbocycles. The summed E-state index contributed by atoms with van der Waals surface area (Å²) < 4.78 is 33.9. The van der Waals surface area contributed by atoms with Crippen LogP contribution in [0.15, 0.2) is 36.9 Å². The summed E-state index contributed by atoms with van der Waals surface area (Å²) in [4.78, 5) is 33.7. The van der Waals surface area contributed by atoms with Crippen molar-refractivity contribution in [3.8, 4) is 16.5 Å². The van der Waals surface area contributed by atoms with Gasteiger partial charge in [-0.25, -0.2) is 18.4 Å². The largest absolute Gasteiger partial charge is 0.477 e. The van der Waals surface area contributed by atoms with Crippen molar-refractivity contribution in [2.45, 2.75) is 56.7 Å². The van der Waals surface area contributed by atoms with Gasteiger partial charge in [0, 0.05) is 18.9 Å². The molecule has 3 aromatic rings. The summed E-state index contributed by atoms with van der Waals surface area (Å²) in [5.74, 6) is 0.0856. The van der Waals surface area contributed by atoms with Crippen molar-refractivity contribution in [3.63, 3.8) is 0 Å². The third-order valence-electron chi connectivity index (χ3n) is 6.98. The number of sulfonamides is 1. The average molecular weight is 572 g/mol. The van der Waals surface area contributed by atoms with Crippen LogP contribution in [0.4, 0.5) is 5.69 Å². The molecule has 2 aliphatic rings. The zero-order valence-electron chi connectivity index (χ0n) is 21.9. The normalized spacial score (nSPS) is 16.9. The van der Waals surface area contributed by atoms with Crippen LogP contribution in [0.2, 0.25) is 0 Å². The van der Waals surface area contributed by atoms with E-state index in [4.69, 9.17) is 4.74 Å². The summed E-state index contributed by atoms with van der Waals surface area (Å²) in [6.45, 7) is 5.22. The maximum absolute atomic E-state index is 13.3. The Kier molecular flexibility index (Phi) is 8.68. The van der Waals surface area contributed by atoms with Gasteiger partial charge in [-0.05, 0) is 57.8 Å². The van der Waals surface area contributed by atoms with E-state index in [1.54, 1.807) is 36.9 Å². The number of aromatic nitrogens is 4. The molecule has 0 radical (unpaired) electrons. The Hall–Kier alpha value is -3.16. The molecule has 0 spiro atoms. The van der Waals surface area contributed by atoms with Crippen molar-refractivity contribution in [1.82, 2.24) is 30.2 Å². The van der Waals surface area contributed by atoms with Crippen LogP contribution in [-0.2, 0) is 10.0 Å². The van der Waals surface area contributed by atoms with Gasteiger partial charge in [0.1, 0.15) is 5.69 Å². The molecule has 2 N–H and O–H groups in total. The first-order chi connectivity index (χ1) is 18.9. The number of anilines is 1. The number of ether oxygens (including phenoxy) is 1. The smallest absolute Gasteiger partial charge is 0.280 e. The molecular weight excluding hydrogens is 538 g/mol. The third kappa shape index (κ3) is 6.89. The average Bonchev–Trinajstić information content (AvgIpc) is 3.61. The molecule has 11 nitrogen and oxygen atoms in total. The van der Waals surface area contributed by atoms with Crippen LogP contribution in [0.5, 0.6) is 5.88 Å². The number of hydrogen-bond acceptors (Lipinski definition) is 10. The highest BCUT2D eigenvalue weighted by Gasteiger charge is 2.29. The Balaban J connectivity index is 1.32. The number of carbonyl (C=O) groups excluding carboxylic acids is 1. The van der Waals surface area contributed by atoms with Gasteiger partial charge in [-0.1, -0.05) is 12.8 Å². The summed E-state index contributed by atoms with van der Waals surface area (Å²) in [6, 6.07) is 2.95. The number of thiazole rings is 1. The molecule has 1 unspecified atom stereocenters. The van der Waals surface area contributed by atoms with Gasteiger partial charge in [-0.15, -0.1) is 11.3 Å². The molecule has 1 aliphatic heterocycles. The number of hydrogen-bond donors (Lipinski definition) is 2. The van der Waals surface area contributed by atoms with Crippen LogP contribution in [-0.4, -0.2) is 70.7 Å². The van der Waals surface area contributed by atoms with Crippen molar-refractivity contribution in [2.75, 3.05) is 31.0 Å². The lowest BCUT2D eigenvalue weighted by Crippen LogP contribution is -2.40. The summed E-state index contributed by atoms with van der Waals surface area (Å²) in [7, 11) is -3.47. The van der Waals surface area contributed by atoms with Gasteiger partial charge >= 0.3 is 0 Å². The molecule has 1 aliphatic carbocycles. The molecule has 13 heteroatoms. The van der Waals surface area contributed by atoms with Crippen molar-refractivity contribution >= 4 is 33.0 Å². The second kappa shape index (κ2) is 12.3. The summed E-state index contributed by atoms with van der Waals surface area (Å²) in [5.41, 5.74) is 1.64. The summed E-state index contributed by atoms with van der Waals surface area (Å²) >= 11 is 1.22. The van der Waals surface area contributed by atoms with Gasteiger partial charge < -0.3 is 15.0 Å². The van der Waals surface area contributed by atoms with Gasteiger partial charge in [0.25, 0.3) is 5.91 Å². The first-order valence-corrected chi connectivity index (χ1v) is 15.7. The van der Waals surface area contributed by atoms with E-state index in [1.165, 1.54) is 17.8 Å². The van der Waals surface area contributed by atoms with Gasteiger partial charge in [0.15, 0.2) is 5.01 Å². The third-order valence-corrected chi connectivity index (χ3v) is 9.87. The van der Waals surface area contributed by atoms with Crippen LogP contribution < -0.4 is 14.8 Å². The van der Waals surface area contributed by atoms with Gasteiger partial charge in [0.05, 0.1) is 46.6 Å². The molecule has 39 heavy (non-hydrogen) atoms. The Bertz CT molecular complexity index is 1390. The predicted molar refractivity (Wildman–Crippen MR) is 149 cm³/mol. The minimum atomic E-state index is -3.47. The number of carbonyl (C=O) groups is 1. The van der Waals surface area contributed by atoms with Crippen LogP contribution in [0.1, 0.15) is 67.0 Å². The fraction of sp³-hybridized carbons (Fsp3) is 0.500. The quantitative estimate of drug-likeness (QED) is 0.333. The zero-order valence-corrected chi connectivity index (χ0v) is 23.5. The number of amides is 1. The van der Waals surface area contributed by atoms with Crippen molar-refractivity contribution in [2.24, 2.45) is 0 Å². The van der Waals surface area contributed by atoms with E-state index in [2.05, 4.69) is 34.9 Å². The highest BCUT2D eigenvalue weighted by atomic mass is 32.2. The molecule has 1 amide bonds. The van der Waals surface area contributed by atoms with Crippen LogP contribution >= 0.6 is 11.3 Å². The summed E-state index contributed by atoms with van der Waals surface area (Å²) in [6.07, 6.45) is 11.4. The first-order valence-electron chi connectivity index (χ1n) is 13.3. The molecule has 4 heterocycles. The van der Waals surface area contributed by atoms with Crippen LogP contribution in [0.3, 0.4) is 0 Å². The van der Waals surface area contributed by atoms with E-state index in [9.17, 15) is 13.2 Å². The lowest BCUT2D eigenvalue weighted by Gasteiger charge is -2.32. The van der Waals surface area contributed by atoms with E-state index >= 15 is 0 Å².